The van der Waals surface area contributed by atoms with Gasteiger partial charge in [-0.3, -0.25) is 13.2 Å². The number of rotatable bonds is 4. The Morgan fingerprint density at radius 3 is 1.31 bits per heavy atom. The summed E-state index contributed by atoms with van der Waals surface area (Å²) in [5.74, 6) is 0. The molecule has 4 heterocycles. The predicted molar refractivity (Wildman–Crippen MR) is 262 cm³/mol. The summed E-state index contributed by atoms with van der Waals surface area (Å²) in [6.07, 6.45) is -6.86. The third kappa shape index (κ3) is 9.87. The number of alkyl halides is 6. The zero-order chi connectivity index (χ0) is 47.0. The molecule has 11 aromatic rings. The van der Waals surface area contributed by atoms with Crippen LogP contribution in [-0.4, -0.2) is 30.6 Å². The number of fused-ring (bicyclic) bond motifs is 6. The minimum atomic E-state index is -5.19. The number of thiophene rings is 1. The summed E-state index contributed by atoms with van der Waals surface area (Å²) >= 11 is 9.68. The molecule has 0 aliphatic rings. The average molecular weight is 1140 g/mol. The number of nitrogens with zero attached hydrogens (tertiary/aromatic N) is 6. The van der Waals surface area contributed by atoms with E-state index in [0.717, 1.165) is 49.2 Å². The van der Waals surface area contributed by atoms with Gasteiger partial charge in [0.25, 0.3) is 0 Å². The Hall–Kier alpha value is -6.55. The van der Waals surface area contributed by atoms with Crippen molar-refractivity contribution in [1.29, 1.82) is 0 Å². The molecule has 0 aliphatic carbocycles. The van der Waals surface area contributed by atoms with Crippen LogP contribution in [0.3, 0.4) is 0 Å². The standard InChI is InChI=1S/C24H11F6N2S.2C14H9N2S.Ir/c25-23(26,27)18-8-7-15(12-19(18)24(28,29)30)21-16-10-13-4-1-2-5-14(13)11-17(16)22(32-31-21)20-6-3-9-33-20;2*1-9(17)14-13-7-11-5-3-2-4-10(11)6-12(13)8-15-16-14;/h1-5,7-12H;2*1-8,17H;/q3*-1;+3. The van der Waals surface area contributed by atoms with Gasteiger partial charge in [0.2, 0.25) is 0 Å². The van der Waals surface area contributed by atoms with E-state index >= 15 is 0 Å². The Bertz CT molecular complexity index is 3590. The van der Waals surface area contributed by atoms with Gasteiger partial charge in [0.1, 0.15) is 0 Å². The molecule has 0 bridgehead atoms. The van der Waals surface area contributed by atoms with Gasteiger partial charge in [-0.15, -0.1) is 15.2 Å². The number of hydrogen-bond acceptors (Lipinski definition) is 9. The van der Waals surface area contributed by atoms with Gasteiger partial charge in [-0.05, 0) is 90.2 Å². The molecule has 0 unspecified atom stereocenters. The third-order valence-corrected chi connectivity index (χ3v) is 12.0. The number of hydrogen-bond donors (Lipinski definition) is 2. The molecule has 0 saturated heterocycles. The van der Waals surface area contributed by atoms with E-state index in [1.54, 1.807) is 24.5 Å². The van der Waals surface area contributed by atoms with Crippen molar-refractivity contribution in [3.8, 4) is 21.8 Å². The molecule has 16 heteroatoms. The van der Waals surface area contributed by atoms with Crippen LogP contribution in [0.15, 0.2) is 151 Å². The van der Waals surface area contributed by atoms with Gasteiger partial charge < -0.3 is 0 Å². The van der Waals surface area contributed by atoms with E-state index in [4.69, 9.17) is 13.2 Å². The normalized spacial score (nSPS) is 11.5. The smallest absolute Gasteiger partial charge is 0.277 e. The Balaban J connectivity index is 0.000000150. The maximum Gasteiger partial charge on any atom is 3.00 e. The van der Waals surface area contributed by atoms with Gasteiger partial charge >= 0.3 is 32.5 Å². The average Bonchev–Trinajstić information content (AvgIpc) is 3.86. The SMILES string of the molecule is FC(F)(F)c1ccc(-c2nnc(-c3[c-]ccs3)c3cc4ccccc4cc23)cc1C(F)(F)F.[CH-]=C(S)c1nncc2cc3ccccc3cc12.[CH-]=C(S)c1nncc2cc3ccccc3cc12.[Ir+3]. The van der Waals surface area contributed by atoms with Gasteiger partial charge in [-0.25, -0.2) is 26.6 Å². The van der Waals surface area contributed by atoms with Crippen molar-refractivity contribution in [2.75, 3.05) is 0 Å². The van der Waals surface area contributed by atoms with Crippen molar-refractivity contribution in [3.63, 3.8) is 0 Å². The van der Waals surface area contributed by atoms with Gasteiger partial charge in [-0.2, -0.15) is 79.0 Å². The van der Waals surface area contributed by atoms with Crippen molar-refractivity contribution in [2.45, 2.75) is 12.4 Å². The van der Waals surface area contributed by atoms with Crippen LogP contribution < -0.4 is 0 Å². The largest absolute Gasteiger partial charge is 3.00 e. The summed E-state index contributed by atoms with van der Waals surface area (Å²) in [6.45, 7) is 11.4. The topological polar surface area (TPSA) is 77.3 Å². The molecular formula is C52H29F6IrN6S3. The molecule has 336 valence electrons. The summed E-state index contributed by atoms with van der Waals surface area (Å²) in [5.41, 5.74) is -1.78. The fraction of sp³-hybridized carbons (Fsp3) is 0.0385. The molecule has 6 nitrogen and oxygen atoms in total. The molecule has 0 atom stereocenters. The van der Waals surface area contributed by atoms with E-state index in [0.29, 0.717) is 54.7 Å². The molecule has 68 heavy (non-hydrogen) atoms. The predicted octanol–water partition coefficient (Wildman–Crippen LogP) is 15.0. The van der Waals surface area contributed by atoms with Crippen LogP contribution >= 0.6 is 36.6 Å². The van der Waals surface area contributed by atoms with Crippen molar-refractivity contribution >= 4 is 111 Å². The molecule has 7 aromatic carbocycles. The maximum atomic E-state index is 13.5. The van der Waals surface area contributed by atoms with Crippen LogP contribution in [0.1, 0.15) is 22.5 Å². The van der Waals surface area contributed by atoms with Crippen LogP contribution in [0.5, 0.6) is 0 Å². The summed E-state index contributed by atoms with van der Waals surface area (Å²) in [6, 6.07) is 42.3. The fourth-order valence-corrected chi connectivity index (χ4v) is 8.69. The molecule has 0 amide bonds. The van der Waals surface area contributed by atoms with E-state index in [1.165, 1.54) is 22.1 Å². The minimum Gasteiger partial charge on any atom is -0.277 e. The summed E-state index contributed by atoms with van der Waals surface area (Å²) in [7, 11) is 0. The van der Waals surface area contributed by atoms with E-state index in [1.807, 2.05) is 60.0 Å². The van der Waals surface area contributed by atoms with Crippen LogP contribution in [-0.2, 0) is 32.5 Å². The fourth-order valence-electron chi connectivity index (χ4n) is 7.69. The van der Waals surface area contributed by atoms with Crippen LogP contribution in [0.4, 0.5) is 26.3 Å². The molecule has 0 aliphatic heterocycles. The zero-order valence-corrected chi connectivity index (χ0v) is 39.7. The van der Waals surface area contributed by atoms with Crippen LogP contribution in [0.2, 0.25) is 0 Å². The number of thiol groups is 2. The van der Waals surface area contributed by atoms with Crippen molar-refractivity contribution in [3.05, 3.63) is 193 Å². The van der Waals surface area contributed by atoms with Crippen molar-refractivity contribution in [1.82, 2.24) is 30.6 Å². The molecule has 0 spiro atoms. The van der Waals surface area contributed by atoms with Gasteiger partial charge in [-0.1, -0.05) is 113 Å². The monoisotopic (exact) mass is 1140 g/mol. The molecule has 0 saturated carbocycles. The Morgan fingerprint density at radius 2 is 0.897 bits per heavy atom. The first-order valence-corrected chi connectivity index (χ1v) is 21.8. The van der Waals surface area contributed by atoms with E-state index < -0.39 is 23.5 Å². The summed E-state index contributed by atoms with van der Waals surface area (Å²) < 4.78 is 80.2. The van der Waals surface area contributed by atoms with Crippen molar-refractivity contribution in [2.24, 2.45) is 0 Å². The number of benzene rings is 7. The van der Waals surface area contributed by atoms with Crippen molar-refractivity contribution < 1.29 is 46.4 Å². The second-order valence-corrected chi connectivity index (χ2v) is 16.9. The van der Waals surface area contributed by atoms with E-state index in [9.17, 15) is 26.3 Å². The first-order chi connectivity index (χ1) is 32.1. The first kappa shape index (κ1) is 47.9. The molecule has 4 aromatic heterocycles. The van der Waals surface area contributed by atoms with E-state index in [2.05, 4.69) is 110 Å². The maximum absolute atomic E-state index is 13.5. The van der Waals surface area contributed by atoms with Crippen LogP contribution in [0, 0.1) is 19.2 Å². The molecule has 0 N–H and O–H groups in total. The minimum absolute atomic E-state index is 0. The first-order valence-electron chi connectivity index (χ1n) is 20.0. The second kappa shape index (κ2) is 19.6. The third-order valence-electron chi connectivity index (χ3n) is 10.8. The molecular weight excluding hydrogens is 1110 g/mol. The molecule has 0 fully saturated rings. The second-order valence-electron chi connectivity index (χ2n) is 15.0. The Labute approximate surface area is 412 Å². The number of halogens is 6. The molecule has 0 radical (unpaired) electrons. The van der Waals surface area contributed by atoms with Gasteiger partial charge in [0.15, 0.2) is 0 Å². The van der Waals surface area contributed by atoms with Gasteiger partial charge in [0.05, 0.1) is 29.2 Å². The summed E-state index contributed by atoms with van der Waals surface area (Å²) in [4.78, 5) is 1.47. The number of aromatic nitrogens is 6. The molecule has 11 rings (SSSR count). The summed E-state index contributed by atoms with van der Waals surface area (Å²) in [5, 5.41) is 37.6. The Morgan fingerprint density at radius 1 is 0.485 bits per heavy atom. The van der Waals surface area contributed by atoms with E-state index in [-0.39, 0.29) is 31.4 Å². The quantitative estimate of drug-likeness (QED) is 0.0791. The van der Waals surface area contributed by atoms with Gasteiger partial charge in [0, 0.05) is 16.6 Å². The Kier molecular flexibility index (Phi) is 13.8. The van der Waals surface area contributed by atoms with Crippen LogP contribution in [0.25, 0.3) is 96.3 Å². The zero-order valence-electron chi connectivity index (χ0n) is 34.7.